The molecule has 1 heterocycles. The maximum Gasteiger partial charge on any atom is 0.221 e. The molecule has 0 aromatic rings. The Kier molecular flexibility index (Phi) is 5.39. The Balaban J connectivity index is 2.26. The molecule has 0 saturated carbocycles. The highest BCUT2D eigenvalue weighted by Gasteiger charge is 2.25. The summed E-state index contributed by atoms with van der Waals surface area (Å²) in [6.07, 6.45) is 1.19. The summed E-state index contributed by atoms with van der Waals surface area (Å²) in [5, 5.41) is 5.88. The normalized spacial score (nSPS) is 23.6. The number of rotatable bonds is 5. The van der Waals surface area contributed by atoms with Crippen LogP contribution in [0.15, 0.2) is 0 Å². The molecule has 1 amide bonds. The van der Waals surface area contributed by atoms with E-state index in [-0.39, 0.29) is 29.9 Å². The molecule has 2 N–H and O–H groups in total. The maximum atomic E-state index is 11.6. The minimum absolute atomic E-state index is 0.0692. The third kappa shape index (κ3) is 6.02. The van der Waals surface area contributed by atoms with Crippen molar-refractivity contribution < 1.29 is 13.2 Å². The minimum Gasteiger partial charge on any atom is -0.356 e. The van der Waals surface area contributed by atoms with E-state index in [9.17, 15) is 13.2 Å². The average Bonchev–Trinajstić information content (AvgIpc) is 2.14. The Hall–Kier alpha value is -0.620. The Morgan fingerprint density at radius 3 is 2.76 bits per heavy atom. The van der Waals surface area contributed by atoms with Crippen LogP contribution in [0, 0.1) is 5.92 Å². The van der Waals surface area contributed by atoms with Gasteiger partial charge in [-0.25, -0.2) is 8.42 Å². The molecule has 0 aromatic heterocycles. The lowest BCUT2D eigenvalue weighted by Crippen LogP contribution is -2.47. The minimum atomic E-state index is -2.95. The molecule has 17 heavy (non-hydrogen) atoms. The lowest BCUT2D eigenvalue weighted by molar-refractivity contribution is -0.121. The first-order chi connectivity index (χ1) is 7.89. The zero-order valence-electron chi connectivity index (χ0n) is 10.5. The van der Waals surface area contributed by atoms with Crippen LogP contribution >= 0.6 is 0 Å². The van der Waals surface area contributed by atoms with Gasteiger partial charge in [0.15, 0.2) is 9.84 Å². The molecule has 0 aromatic carbocycles. The van der Waals surface area contributed by atoms with E-state index in [1.165, 1.54) is 0 Å². The Labute approximate surface area is 103 Å². The molecule has 1 aliphatic rings. The highest BCUT2D eigenvalue weighted by atomic mass is 32.2. The lowest BCUT2D eigenvalue weighted by Gasteiger charge is -2.23. The van der Waals surface area contributed by atoms with Crippen molar-refractivity contribution >= 4 is 15.7 Å². The number of hydrogen-bond donors (Lipinski definition) is 2. The summed E-state index contributed by atoms with van der Waals surface area (Å²) in [5.41, 5.74) is 0. The van der Waals surface area contributed by atoms with Crippen LogP contribution in [0.2, 0.25) is 0 Å². The number of hydrogen-bond acceptors (Lipinski definition) is 4. The molecule has 0 bridgehead atoms. The molecule has 1 saturated heterocycles. The van der Waals surface area contributed by atoms with Crippen molar-refractivity contribution in [3.05, 3.63) is 0 Å². The maximum absolute atomic E-state index is 11.6. The van der Waals surface area contributed by atoms with E-state index in [1.807, 2.05) is 0 Å². The van der Waals surface area contributed by atoms with Crippen molar-refractivity contribution in [1.82, 2.24) is 10.6 Å². The van der Waals surface area contributed by atoms with E-state index < -0.39 is 9.84 Å². The first-order valence-electron chi connectivity index (χ1n) is 6.09. The van der Waals surface area contributed by atoms with Crippen molar-refractivity contribution in [2.45, 2.75) is 32.7 Å². The van der Waals surface area contributed by atoms with Gasteiger partial charge in [-0.3, -0.25) is 4.79 Å². The van der Waals surface area contributed by atoms with Crippen LogP contribution in [0.5, 0.6) is 0 Å². The third-order valence-corrected chi connectivity index (χ3v) is 4.51. The van der Waals surface area contributed by atoms with E-state index in [2.05, 4.69) is 24.5 Å². The van der Waals surface area contributed by atoms with E-state index in [0.717, 1.165) is 6.42 Å². The fourth-order valence-corrected chi connectivity index (χ4v) is 3.24. The molecule has 1 aliphatic heterocycles. The zero-order chi connectivity index (χ0) is 12.9. The van der Waals surface area contributed by atoms with E-state index in [4.69, 9.17) is 0 Å². The molecule has 0 radical (unpaired) electrons. The Morgan fingerprint density at radius 2 is 2.18 bits per heavy atom. The van der Waals surface area contributed by atoms with E-state index >= 15 is 0 Å². The van der Waals surface area contributed by atoms with Crippen LogP contribution < -0.4 is 10.6 Å². The van der Waals surface area contributed by atoms with Gasteiger partial charge in [0.2, 0.25) is 5.91 Å². The van der Waals surface area contributed by atoms with Crippen LogP contribution in [0.4, 0.5) is 0 Å². The molecule has 1 unspecified atom stereocenters. The van der Waals surface area contributed by atoms with Gasteiger partial charge in [-0.2, -0.15) is 0 Å². The largest absolute Gasteiger partial charge is 0.356 e. The molecule has 100 valence electrons. The molecule has 1 atom stereocenters. The SMILES string of the molecule is CC(C)CCNC(=O)CC1CS(=O)(=O)CCN1. The van der Waals surface area contributed by atoms with Crippen LogP contribution in [0.1, 0.15) is 26.7 Å². The van der Waals surface area contributed by atoms with Crippen LogP contribution in [-0.4, -0.2) is 45.0 Å². The summed E-state index contributed by atoms with van der Waals surface area (Å²) in [5.74, 6) is 0.743. The molecular formula is C11H22N2O3S. The van der Waals surface area contributed by atoms with Gasteiger partial charge in [0.1, 0.15) is 0 Å². The quantitative estimate of drug-likeness (QED) is 0.727. The van der Waals surface area contributed by atoms with Crippen molar-refractivity contribution in [2.24, 2.45) is 5.92 Å². The first kappa shape index (κ1) is 14.4. The molecule has 6 heteroatoms. The number of nitrogens with one attached hydrogen (secondary N) is 2. The summed E-state index contributed by atoms with van der Waals surface area (Å²) >= 11 is 0. The van der Waals surface area contributed by atoms with E-state index in [0.29, 0.717) is 19.0 Å². The standard InChI is InChI=1S/C11H22N2O3S/c1-9(2)3-4-13-11(14)7-10-8-17(15,16)6-5-12-10/h9-10,12H,3-8H2,1-2H3,(H,13,14). The Bertz CT molecular complexity index is 352. The summed E-state index contributed by atoms with van der Waals surface area (Å²) in [6.45, 7) is 5.31. The monoisotopic (exact) mass is 262 g/mol. The van der Waals surface area contributed by atoms with Gasteiger partial charge in [0.05, 0.1) is 11.5 Å². The first-order valence-corrected chi connectivity index (χ1v) is 7.91. The number of amides is 1. The fraction of sp³-hybridized carbons (Fsp3) is 0.909. The molecule has 0 spiro atoms. The summed E-state index contributed by atoms with van der Waals surface area (Å²) in [6, 6.07) is -0.229. The number of carbonyl (C=O) groups excluding carboxylic acids is 1. The second-order valence-electron chi connectivity index (χ2n) is 5.00. The zero-order valence-corrected chi connectivity index (χ0v) is 11.3. The number of sulfone groups is 1. The highest BCUT2D eigenvalue weighted by molar-refractivity contribution is 7.91. The smallest absolute Gasteiger partial charge is 0.221 e. The molecule has 1 fully saturated rings. The predicted molar refractivity (Wildman–Crippen MR) is 67.5 cm³/mol. The second kappa shape index (κ2) is 6.35. The van der Waals surface area contributed by atoms with Gasteiger partial charge >= 0.3 is 0 Å². The Morgan fingerprint density at radius 1 is 1.47 bits per heavy atom. The predicted octanol–water partition coefficient (Wildman–Crippen LogP) is -0.0746. The highest BCUT2D eigenvalue weighted by Crippen LogP contribution is 2.05. The van der Waals surface area contributed by atoms with Crippen LogP contribution in [0.25, 0.3) is 0 Å². The van der Waals surface area contributed by atoms with Gasteiger partial charge in [0, 0.05) is 25.6 Å². The molecular weight excluding hydrogens is 240 g/mol. The summed E-state index contributed by atoms with van der Waals surface area (Å²) < 4.78 is 22.7. The third-order valence-electron chi connectivity index (χ3n) is 2.78. The van der Waals surface area contributed by atoms with Crippen molar-refractivity contribution in [3.8, 4) is 0 Å². The lowest BCUT2D eigenvalue weighted by atomic mass is 10.1. The van der Waals surface area contributed by atoms with Gasteiger partial charge in [-0.05, 0) is 12.3 Å². The van der Waals surface area contributed by atoms with Crippen molar-refractivity contribution in [2.75, 3.05) is 24.6 Å². The topological polar surface area (TPSA) is 75.3 Å². The van der Waals surface area contributed by atoms with Crippen molar-refractivity contribution in [3.63, 3.8) is 0 Å². The van der Waals surface area contributed by atoms with Crippen LogP contribution in [0.3, 0.4) is 0 Å². The van der Waals surface area contributed by atoms with Gasteiger partial charge < -0.3 is 10.6 Å². The average molecular weight is 262 g/mol. The molecule has 1 rings (SSSR count). The molecule has 5 nitrogen and oxygen atoms in total. The van der Waals surface area contributed by atoms with Crippen LogP contribution in [-0.2, 0) is 14.6 Å². The summed E-state index contributed by atoms with van der Waals surface area (Å²) in [4.78, 5) is 11.6. The number of carbonyl (C=O) groups is 1. The van der Waals surface area contributed by atoms with E-state index in [1.54, 1.807) is 0 Å². The van der Waals surface area contributed by atoms with Gasteiger partial charge in [-0.1, -0.05) is 13.8 Å². The fourth-order valence-electron chi connectivity index (χ4n) is 1.79. The second-order valence-corrected chi connectivity index (χ2v) is 7.23. The van der Waals surface area contributed by atoms with Crippen molar-refractivity contribution in [1.29, 1.82) is 0 Å². The van der Waals surface area contributed by atoms with Gasteiger partial charge in [0.25, 0.3) is 0 Å². The summed E-state index contributed by atoms with van der Waals surface area (Å²) in [7, 11) is -2.95. The molecule has 0 aliphatic carbocycles. The van der Waals surface area contributed by atoms with Gasteiger partial charge in [-0.15, -0.1) is 0 Å².